The number of hydrogen-bond acceptors (Lipinski definition) is 0. The van der Waals surface area contributed by atoms with Crippen LogP contribution in [0.1, 0.15) is 19.3 Å². The van der Waals surface area contributed by atoms with Crippen molar-refractivity contribution in [3.8, 4) is 0 Å². The van der Waals surface area contributed by atoms with Gasteiger partial charge < -0.3 is 0 Å². The molecule has 0 spiro atoms. The smallest absolute Gasteiger partial charge is 0.0533 e. The van der Waals surface area contributed by atoms with Crippen LogP contribution in [0.2, 0.25) is 0 Å². The van der Waals surface area contributed by atoms with E-state index in [1.807, 2.05) is 0 Å². The lowest BCUT2D eigenvalue weighted by Crippen LogP contribution is -0.856. The monoisotopic (exact) mass is 150 g/mol. The lowest BCUT2D eigenvalue weighted by atomic mass is 11.0. The molecule has 1 rings (SSSR count). The molecule has 0 aromatic heterocycles. The van der Waals surface area contributed by atoms with Crippen molar-refractivity contribution in [3.63, 3.8) is 0 Å². The number of halogens is 3. The zero-order chi connectivity index (χ0) is 2.12. The summed E-state index contributed by atoms with van der Waals surface area (Å²) in [5, 5.41) is 0. The molecule has 0 bridgehead atoms. The van der Waals surface area contributed by atoms with Crippen molar-refractivity contribution in [1.82, 2.24) is 0 Å². The summed E-state index contributed by atoms with van der Waals surface area (Å²) in [7, 11) is 0. The van der Waals surface area contributed by atoms with Crippen LogP contribution in [0, 0.1) is 0 Å². The molecular weight excluding hydrogens is 142 g/mol. The molecule has 0 atom stereocenters. The maximum absolute atomic E-state index is 1.50. The molecule has 0 nitrogen and oxygen atoms in total. The van der Waals surface area contributed by atoms with Gasteiger partial charge in [-0.3, -0.25) is 0 Å². The Kier molecular flexibility index (Phi) is 24.5. The predicted octanol–water partition coefficient (Wildman–Crippen LogP) is 2.44. The van der Waals surface area contributed by atoms with Crippen LogP contribution in [-0.2, 0) is 0 Å². The van der Waals surface area contributed by atoms with Crippen LogP contribution in [0.25, 0.3) is 0 Å². The summed E-state index contributed by atoms with van der Waals surface area (Å²) in [6.07, 6.45) is 4.50. The molecule has 0 saturated heterocycles. The lowest BCUT2D eigenvalue weighted by Gasteiger charge is -1.05. The first-order valence-corrected chi connectivity index (χ1v) is 1.50. The predicted molar refractivity (Wildman–Crippen MR) is 35.6 cm³/mol. The van der Waals surface area contributed by atoms with E-state index < -0.39 is 0 Å². The molecule has 1 aliphatic rings. The van der Waals surface area contributed by atoms with Gasteiger partial charge in [-0.05, 0) is 0 Å². The fourth-order valence-electron chi connectivity index (χ4n) is 0. The summed E-state index contributed by atoms with van der Waals surface area (Å²) in [4.78, 5) is 0. The zero-order valence-corrected chi connectivity index (χ0v) is 5.80. The fourth-order valence-corrected chi connectivity index (χ4v) is 0. The van der Waals surface area contributed by atoms with Gasteiger partial charge in [-0.15, -0.1) is 37.2 Å². The SMILES string of the molecule is C1CC1.Cl.Cl.Cl. The van der Waals surface area contributed by atoms with Gasteiger partial charge in [0.2, 0.25) is 0 Å². The molecule has 3 heteroatoms. The molecule has 1 saturated carbocycles. The van der Waals surface area contributed by atoms with Gasteiger partial charge in [0.1, 0.15) is 0 Å². The van der Waals surface area contributed by atoms with Gasteiger partial charge in [-0.2, -0.15) is 0 Å². The molecule has 1 fully saturated rings. The third-order valence-electron chi connectivity index (χ3n) is 0.354. The van der Waals surface area contributed by atoms with Crippen molar-refractivity contribution in [2.75, 3.05) is 0 Å². The van der Waals surface area contributed by atoms with Crippen LogP contribution in [0.4, 0.5) is 0 Å². The van der Waals surface area contributed by atoms with E-state index in [9.17, 15) is 0 Å². The Labute approximate surface area is 56.9 Å². The van der Waals surface area contributed by atoms with Crippen LogP contribution in [0.3, 0.4) is 0 Å². The largest absolute Gasteiger partial charge is 0.147 e. The first-order valence-electron chi connectivity index (χ1n) is 1.50. The Hall–Kier alpha value is 0.870. The minimum Gasteiger partial charge on any atom is -0.147 e. The van der Waals surface area contributed by atoms with Crippen molar-refractivity contribution in [1.29, 1.82) is 0 Å². The average Bonchev–Trinajstić information content (AvgIpc) is 1.46. The summed E-state index contributed by atoms with van der Waals surface area (Å²) < 4.78 is 0. The second-order valence-corrected chi connectivity index (χ2v) is 1.06. The Morgan fingerprint density at radius 2 is 0.667 bits per heavy atom. The Bertz CT molecular complexity index is 10.8. The van der Waals surface area contributed by atoms with Gasteiger partial charge >= 0.3 is 0 Å². The van der Waals surface area contributed by atoms with E-state index in [1.165, 1.54) is 19.3 Å². The maximum Gasteiger partial charge on any atom is -0.0533 e. The van der Waals surface area contributed by atoms with Gasteiger partial charge in [0.15, 0.2) is 0 Å². The van der Waals surface area contributed by atoms with Crippen LogP contribution in [-0.4, -0.2) is 0 Å². The summed E-state index contributed by atoms with van der Waals surface area (Å²) >= 11 is 0. The highest BCUT2D eigenvalue weighted by Gasteiger charge is 1.95. The van der Waals surface area contributed by atoms with E-state index in [0.717, 1.165) is 0 Å². The highest BCUT2D eigenvalue weighted by molar-refractivity contribution is 5.86. The average molecular weight is 151 g/mol. The third-order valence-corrected chi connectivity index (χ3v) is 0.354. The topological polar surface area (TPSA) is 0 Å². The van der Waals surface area contributed by atoms with E-state index in [-0.39, 0.29) is 37.2 Å². The van der Waals surface area contributed by atoms with Crippen molar-refractivity contribution >= 4 is 37.2 Å². The minimum absolute atomic E-state index is 0. The molecule has 0 heterocycles. The Morgan fingerprint density at radius 3 is 0.667 bits per heavy atom. The highest BCUT2D eigenvalue weighted by atomic mass is 35.5. The highest BCUT2D eigenvalue weighted by Crippen LogP contribution is 2.14. The van der Waals surface area contributed by atoms with E-state index in [2.05, 4.69) is 0 Å². The Morgan fingerprint density at radius 1 is 0.500 bits per heavy atom. The van der Waals surface area contributed by atoms with Crippen LogP contribution in [0.5, 0.6) is 0 Å². The number of hydrogen-bond donors (Lipinski definition) is 0. The van der Waals surface area contributed by atoms with Crippen LogP contribution < -0.4 is 0 Å². The molecule has 0 aromatic rings. The van der Waals surface area contributed by atoms with Gasteiger partial charge in [-0.1, -0.05) is 19.3 Å². The number of rotatable bonds is 0. The Balaban J connectivity index is -0.0000000300. The maximum atomic E-state index is 1.50. The first kappa shape index (κ1) is 15.8. The van der Waals surface area contributed by atoms with Crippen molar-refractivity contribution in [3.05, 3.63) is 0 Å². The molecule has 6 heavy (non-hydrogen) atoms. The molecule has 0 N–H and O–H groups in total. The van der Waals surface area contributed by atoms with Crippen LogP contribution in [0.15, 0.2) is 0 Å². The molecule has 1 aliphatic carbocycles. The summed E-state index contributed by atoms with van der Waals surface area (Å²) in [5.41, 5.74) is 0. The van der Waals surface area contributed by atoms with Gasteiger partial charge in [-0.25, -0.2) is 0 Å². The zero-order valence-electron chi connectivity index (χ0n) is 3.35. The van der Waals surface area contributed by atoms with Gasteiger partial charge in [0.25, 0.3) is 0 Å². The van der Waals surface area contributed by atoms with E-state index in [1.54, 1.807) is 0 Å². The first-order chi connectivity index (χ1) is 1.50. The second-order valence-electron chi connectivity index (χ2n) is 1.06. The summed E-state index contributed by atoms with van der Waals surface area (Å²) in [6.45, 7) is 0. The van der Waals surface area contributed by atoms with E-state index in [0.29, 0.717) is 0 Å². The normalized spacial score (nSPS) is 12.0. The molecule has 0 amide bonds. The lowest BCUT2D eigenvalue weighted by molar-refractivity contribution is 1.50. The molecule has 42 valence electrons. The van der Waals surface area contributed by atoms with Gasteiger partial charge in [0, 0.05) is 0 Å². The molecule has 0 unspecified atom stereocenters. The quantitative estimate of drug-likeness (QED) is 0.499. The van der Waals surface area contributed by atoms with E-state index >= 15 is 0 Å². The van der Waals surface area contributed by atoms with E-state index in [4.69, 9.17) is 0 Å². The van der Waals surface area contributed by atoms with Crippen molar-refractivity contribution in [2.45, 2.75) is 19.3 Å². The molecule has 0 aromatic carbocycles. The molecule has 0 radical (unpaired) electrons. The molecular formula is C3H9Cl3. The van der Waals surface area contributed by atoms with Gasteiger partial charge in [0.05, 0.1) is 0 Å². The summed E-state index contributed by atoms with van der Waals surface area (Å²) in [5.74, 6) is 0. The molecule has 0 aliphatic heterocycles. The summed E-state index contributed by atoms with van der Waals surface area (Å²) in [6, 6.07) is 0. The second kappa shape index (κ2) is 9.30. The third kappa shape index (κ3) is 20.9. The van der Waals surface area contributed by atoms with Crippen LogP contribution >= 0.6 is 37.2 Å². The van der Waals surface area contributed by atoms with Crippen molar-refractivity contribution < 1.29 is 0 Å². The van der Waals surface area contributed by atoms with Crippen molar-refractivity contribution in [2.24, 2.45) is 0 Å². The standard InChI is InChI=1S/C3H6.3ClH/c1-2-3-1;;;/h1-3H2;3*1H. The minimum atomic E-state index is 0. The fraction of sp³-hybridized carbons (Fsp3) is 1.00.